The molecule has 1 atom stereocenters. The second-order valence-electron chi connectivity index (χ2n) is 5.97. The van der Waals surface area contributed by atoms with Gasteiger partial charge in [0.15, 0.2) is 0 Å². The van der Waals surface area contributed by atoms with Crippen molar-refractivity contribution >= 4 is 0 Å². The number of rotatable bonds is 4. The van der Waals surface area contributed by atoms with Crippen LogP contribution in [-0.4, -0.2) is 6.61 Å². The first kappa shape index (κ1) is 14.2. The maximum atomic E-state index is 6.70. The molecule has 2 aromatic carbocycles. The molecule has 2 aromatic rings. The van der Waals surface area contributed by atoms with Crippen LogP contribution in [0.3, 0.4) is 0 Å². The lowest BCUT2D eigenvalue weighted by Crippen LogP contribution is -2.42. The van der Waals surface area contributed by atoms with E-state index in [0.29, 0.717) is 0 Å². The average molecular weight is 281 g/mol. The summed E-state index contributed by atoms with van der Waals surface area (Å²) in [6, 6.07) is 17.0. The van der Waals surface area contributed by atoms with Crippen LogP contribution in [-0.2, 0) is 18.4 Å². The van der Waals surface area contributed by atoms with Gasteiger partial charge in [0, 0.05) is 5.54 Å². The van der Waals surface area contributed by atoms with Gasteiger partial charge in [0.05, 0.1) is 6.61 Å². The van der Waals surface area contributed by atoms with Gasteiger partial charge >= 0.3 is 0 Å². The van der Waals surface area contributed by atoms with E-state index in [2.05, 4.69) is 43.3 Å². The van der Waals surface area contributed by atoms with E-state index in [1.54, 1.807) is 0 Å². The maximum Gasteiger partial charge on any atom is 0.119 e. The lowest BCUT2D eigenvalue weighted by molar-refractivity contribution is 0.316. The summed E-state index contributed by atoms with van der Waals surface area (Å²) in [6.07, 6.45) is 4.00. The number of nitrogens with two attached hydrogens (primary N) is 1. The van der Waals surface area contributed by atoms with Crippen molar-refractivity contribution in [2.45, 2.75) is 38.1 Å². The third-order valence-corrected chi connectivity index (χ3v) is 4.37. The van der Waals surface area contributed by atoms with Gasteiger partial charge in [0.1, 0.15) is 5.75 Å². The Morgan fingerprint density at radius 2 is 1.76 bits per heavy atom. The number of hydrogen-bond acceptors (Lipinski definition) is 2. The third kappa shape index (κ3) is 2.96. The highest BCUT2D eigenvalue weighted by Crippen LogP contribution is 2.35. The van der Waals surface area contributed by atoms with Crippen molar-refractivity contribution in [2.24, 2.45) is 5.73 Å². The van der Waals surface area contributed by atoms with Gasteiger partial charge in [-0.05, 0) is 54.5 Å². The predicted molar refractivity (Wildman–Crippen MR) is 86.6 cm³/mol. The monoisotopic (exact) mass is 281 g/mol. The minimum Gasteiger partial charge on any atom is -0.494 e. The molecular formula is C19H23NO. The maximum absolute atomic E-state index is 6.70. The summed E-state index contributed by atoms with van der Waals surface area (Å²) in [7, 11) is 0. The van der Waals surface area contributed by atoms with E-state index in [-0.39, 0.29) is 5.54 Å². The molecule has 0 saturated heterocycles. The Labute approximate surface area is 126 Å². The molecule has 3 rings (SSSR count). The molecular weight excluding hydrogens is 258 g/mol. The van der Waals surface area contributed by atoms with Gasteiger partial charge in [-0.3, -0.25) is 0 Å². The standard InChI is InChI=1S/C19H23NO/c1-2-13-21-18-9-7-17(8-10-18)19(20)12-11-15-5-3-4-6-16(15)14-19/h3-10H,2,11-14,20H2,1H3. The van der Waals surface area contributed by atoms with Crippen LogP contribution in [0.15, 0.2) is 48.5 Å². The van der Waals surface area contributed by atoms with E-state index in [9.17, 15) is 0 Å². The molecule has 0 aromatic heterocycles. The molecule has 2 N–H and O–H groups in total. The normalized spacial score (nSPS) is 20.9. The molecule has 21 heavy (non-hydrogen) atoms. The lowest BCUT2D eigenvalue weighted by atomic mass is 9.74. The number of hydrogen-bond donors (Lipinski definition) is 1. The topological polar surface area (TPSA) is 35.2 Å². The Morgan fingerprint density at radius 1 is 1.05 bits per heavy atom. The molecule has 2 heteroatoms. The molecule has 0 amide bonds. The van der Waals surface area contributed by atoms with Crippen LogP contribution in [0, 0.1) is 0 Å². The molecule has 2 nitrogen and oxygen atoms in total. The fourth-order valence-corrected chi connectivity index (χ4v) is 3.11. The summed E-state index contributed by atoms with van der Waals surface area (Å²) in [4.78, 5) is 0. The SMILES string of the molecule is CCCOc1ccc(C2(N)CCc3ccccc3C2)cc1. The first-order valence-corrected chi connectivity index (χ1v) is 7.80. The summed E-state index contributed by atoms with van der Waals surface area (Å²) in [5, 5.41) is 0. The Kier molecular flexibility index (Phi) is 3.98. The van der Waals surface area contributed by atoms with Crippen LogP contribution in [0.1, 0.15) is 36.5 Å². The fourth-order valence-electron chi connectivity index (χ4n) is 3.11. The molecule has 0 bridgehead atoms. The minimum absolute atomic E-state index is 0.252. The van der Waals surface area contributed by atoms with Crippen molar-refractivity contribution in [2.75, 3.05) is 6.61 Å². The van der Waals surface area contributed by atoms with Gasteiger partial charge in [-0.15, -0.1) is 0 Å². The van der Waals surface area contributed by atoms with Crippen molar-refractivity contribution < 1.29 is 4.74 Å². The van der Waals surface area contributed by atoms with Gasteiger partial charge in [-0.1, -0.05) is 43.3 Å². The van der Waals surface area contributed by atoms with E-state index >= 15 is 0 Å². The number of aryl methyl sites for hydroxylation is 1. The van der Waals surface area contributed by atoms with Crippen LogP contribution < -0.4 is 10.5 Å². The second-order valence-corrected chi connectivity index (χ2v) is 5.97. The molecule has 0 fully saturated rings. The highest BCUT2D eigenvalue weighted by molar-refractivity contribution is 5.38. The second kappa shape index (κ2) is 5.90. The molecule has 0 aliphatic heterocycles. The van der Waals surface area contributed by atoms with Crippen LogP contribution in [0.4, 0.5) is 0 Å². The smallest absolute Gasteiger partial charge is 0.119 e. The van der Waals surface area contributed by atoms with Crippen LogP contribution in [0.25, 0.3) is 0 Å². The molecule has 0 saturated carbocycles. The molecule has 1 aliphatic carbocycles. The summed E-state index contributed by atoms with van der Waals surface area (Å²) in [5.41, 5.74) is 10.5. The molecule has 1 aliphatic rings. The summed E-state index contributed by atoms with van der Waals surface area (Å²) in [6.45, 7) is 2.88. The van der Waals surface area contributed by atoms with Crippen LogP contribution in [0.2, 0.25) is 0 Å². The molecule has 0 radical (unpaired) electrons. The quantitative estimate of drug-likeness (QED) is 0.924. The lowest BCUT2D eigenvalue weighted by Gasteiger charge is -2.35. The summed E-state index contributed by atoms with van der Waals surface area (Å²) < 4.78 is 5.65. The first-order valence-electron chi connectivity index (χ1n) is 7.80. The van der Waals surface area contributed by atoms with E-state index < -0.39 is 0 Å². The molecule has 0 heterocycles. The van der Waals surface area contributed by atoms with E-state index in [1.807, 2.05) is 12.1 Å². The van der Waals surface area contributed by atoms with Crippen molar-refractivity contribution in [1.82, 2.24) is 0 Å². The van der Waals surface area contributed by atoms with E-state index in [1.165, 1.54) is 16.7 Å². The average Bonchev–Trinajstić information content (AvgIpc) is 2.53. The summed E-state index contributed by atoms with van der Waals surface area (Å²) >= 11 is 0. The Bertz CT molecular complexity index is 605. The molecule has 110 valence electrons. The van der Waals surface area contributed by atoms with Gasteiger partial charge in [0.25, 0.3) is 0 Å². The van der Waals surface area contributed by atoms with Crippen molar-refractivity contribution in [3.8, 4) is 5.75 Å². The first-order chi connectivity index (χ1) is 10.2. The Hall–Kier alpha value is -1.80. The predicted octanol–water partition coefficient (Wildman–Crippen LogP) is 3.82. The largest absolute Gasteiger partial charge is 0.494 e. The zero-order valence-corrected chi connectivity index (χ0v) is 12.6. The Balaban J connectivity index is 1.80. The van der Waals surface area contributed by atoms with E-state index in [0.717, 1.165) is 38.0 Å². The summed E-state index contributed by atoms with van der Waals surface area (Å²) in [5.74, 6) is 0.931. The zero-order valence-electron chi connectivity index (χ0n) is 12.6. The van der Waals surface area contributed by atoms with Crippen molar-refractivity contribution in [1.29, 1.82) is 0 Å². The minimum atomic E-state index is -0.252. The van der Waals surface area contributed by atoms with Gasteiger partial charge in [0.2, 0.25) is 0 Å². The highest BCUT2D eigenvalue weighted by atomic mass is 16.5. The Morgan fingerprint density at radius 3 is 2.48 bits per heavy atom. The van der Waals surface area contributed by atoms with Gasteiger partial charge in [-0.2, -0.15) is 0 Å². The highest BCUT2D eigenvalue weighted by Gasteiger charge is 2.31. The molecule has 0 spiro atoms. The number of ether oxygens (including phenoxy) is 1. The van der Waals surface area contributed by atoms with Gasteiger partial charge in [-0.25, -0.2) is 0 Å². The van der Waals surface area contributed by atoms with Crippen molar-refractivity contribution in [3.63, 3.8) is 0 Å². The van der Waals surface area contributed by atoms with Crippen molar-refractivity contribution in [3.05, 3.63) is 65.2 Å². The van der Waals surface area contributed by atoms with Crippen LogP contribution in [0.5, 0.6) is 5.75 Å². The zero-order chi connectivity index (χ0) is 14.7. The van der Waals surface area contributed by atoms with Crippen LogP contribution >= 0.6 is 0 Å². The third-order valence-electron chi connectivity index (χ3n) is 4.37. The molecule has 1 unspecified atom stereocenters. The number of benzene rings is 2. The fraction of sp³-hybridized carbons (Fsp3) is 0.368. The van der Waals surface area contributed by atoms with E-state index in [4.69, 9.17) is 10.5 Å². The van der Waals surface area contributed by atoms with Gasteiger partial charge < -0.3 is 10.5 Å². The number of fused-ring (bicyclic) bond motifs is 1.